The van der Waals surface area contributed by atoms with Crippen molar-refractivity contribution in [2.24, 2.45) is 5.92 Å². The maximum absolute atomic E-state index is 12.1. The molecule has 0 aromatic heterocycles. The SMILES string of the molecule is CC1CC(C)N(C(=O)N2CCCC2)C1. The van der Waals surface area contributed by atoms with Crippen molar-refractivity contribution in [3.8, 4) is 0 Å². The second kappa shape index (κ2) is 3.79. The van der Waals surface area contributed by atoms with E-state index < -0.39 is 0 Å². The van der Waals surface area contributed by atoms with Crippen molar-refractivity contribution in [3.05, 3.63) is 0 Å². The van der Waals surface area contributed by atoms with Crippen LogP contribution < -0.4 is 0 Å². The van der Waals surface area contributed by atoms with Crippen LogP contribution >= 0.6 is 0 Å². The van der Waals surface area contributed by atoms with Crippen LogP contribution in [0, 0.1) is 5.92 Å². The highest BCUT2D eigenvalue weighted by Crippen LogP contribution is 2.24. The quantitative estimate of drug-likeness (QED) is 0.580. The summed E-state index contributed by atoms with van der Waals surface area (Å²) < 4.78 is 0. The van der Waals surface area contributed by atoms with Gasteiger partial charge in [-0.25, -0.2) is 4.79 Å². The number of nitrogens with zero attached hydrogens (tertiary/aromatic N) is 2. The molecule has 2 aliphatic heterocycles. The van der Waals surface area contributed by atoms with Crippen LogP contribution in [-0.2, 0) is 0 Å². The summed E-state index contributed by atoms with van der Waals surface area (Å²) in [6, 6.07) is 0.720. The van der Waals surface area contributed by atoms with Crippen LogP contribution in [0.1, 0.15) is 33.1 Å². The van der Waals surface area contributed by atoms with Crippen LogP contribution in [-0.4, -0.2) is 41.5 Å². The van der Waals surface area contributed by atoms with E-state index in [4.69, 9.17) is 0 Å². The molecule has 0 spiro atoms. The van der Waals surface area contributed by atoms with Gasteiger partial charge in [0.05, 0.1) is 0 Å². The van der Waals surface area contributed by atoms with E-state index in [1.165, 1.54) is 19.3 Å². The summed E-state index contributed by atoms with van der Waals surface area (Å²) in [5, 5.41) is 0. The lowest BCUT2D eigenvalue weighted by molar-refractivity contribution is 0.159. The average molecular weight is 196 g/mol. The third-order valence-corrected chi connectivity index (χ3v) is 3.41. The molecule has 0 aromatic carbocycles. The summed E-state index contributed by atoms with van der Waals surface area (Å²) in [4.78, 5) is 16.1. The van der Waals surface area contributed by atoms with Gasteiger partial charge in [-0.1, -0.05) is 6.92 Å². The zero-order valence-electron chi connectivity index (χ0n) is 9.20. The molecule has 80 valence electrons. The highest BCUT2D eigenvalue weighted by Gasteiger charge is 2.33. The van der Waals surface area contributed by atoms with Crippen molar-refractivity contribution in [1.29, 1.82) is 0 Å². The van der Waals surface area contributed by atoms with E-state index in [2.05, 4.69) is 18.7 Å². The number of carbonyl (C=O) groups is 1. The molecule has 14 heavy (non-hydrogen) atoms. The van der Waals surface area contributed by atoms with Crippen molar-refractivity contribution in [2.75, 3.05) is 19.6 Å². The topological polar surface area (TPSA) is 23.6 Å². The average Bonchev–Trinajstić information content (AvgIpc) is 2.73. The fourth-order valence-corrected chi connectivity index (χ4v) is 2.66. The second-order valence-corrected chi connectivity index (χ2v) is 4.82. The molecular formula is C11H20N2O. The van der Waals surface area contributed by atoms with Gasteiger partial charge in [0.25, 0.3) is 0 Å². The van der Waals surface area contributed by atoms with Crippen LogP contribution in [0.4, 0.5) is 4.79 Å². The minimum absolute atomic E-state index is 0.277. The van der Waals surface area contributed by atoms with Crippen LogP contribution in [0.3, 0.4) is 0 Å². The summed E-state index contributed by atoms with van der Waals surface area (Å²) in [5.74, 6) is 0.677. The summed E-state index contributed by atoms with van der Waals surface area (Å²) >= 11 is 0. The summed E-state index contributed by atoms with van der Waals surface area (Å²) in [6.07, 6.45) is 3.53. The molecule has 2 atom stereocenters. The molecule has 0 saturated carbocycles. The van der Waals surface area contributed by atoms with Gasteiger partial charge in [-0.05, 0) is 32.1 Å². The normalized spacial score (nSPS) is 32.7. The number of amides is 2. The standard InChI is InChI=1S/C11H20N2O/c1-9-7-10(2)13(8-9)11(14)12-5-3-4-6-12/h9-10H,3-8H2,1-2H3. The van der Waals surface area contributed by atoms with Crippen molar-refractivity contribution in [1.82, 2.24) is 9.80 Å². The Hall–Kier alpha value is -0.730. The minimum atomic E-state index is 0.277. The molecule has 2 amide bonds. The summed E-state index contributed by atoms with van der Waals surface area (Å²) in [6.45, 7) is 7.29. The van der Waals surface area contributed by atoms with E-state index >= 15 is 0 Å². The number of hydrogen-bond donors (Lipinski definition) is 0. The molecule has 3 heteroatoms. The minimum Gasteiger partial charge on any atom is -0.325 e. The summed E-state index contributed by atoms with van der Waals surface area (Å²) in [5.41, 5.74) is 0. The Morgan fingerprint density at radius 2 is 1.86 bits per heavy atom. The second-order valence-electron chi connectivity index (χ2n) is 4.82. The van der Waals surface area contributed by atoms with E-state index in [9.17, 15) is 4.79 Å². The molecule has 3 nitrogen and oxygen atoms in total. The molecular weight excluding hydrogens is 176 g/mol. The molecule has 2 heterocycles. The Morgan fingerprint density at radius 3 is 2.36 bits per heavy atom. The third kappa shape index (κ3) is 1.72. The van der Waals surface area contributed by atoms with Crippen LogP contribution in [0.25, 0.3) is 0 Å². The molecule has 2 saturated heterocycles. The largest absolute Gasteiger partial charge is 0.325 e. The van der Waals surface area contributed by atoms with Gasteiger partial charge in [-0.3, -0.25) is 0 Å². The first-order valence-electron chi connectivity index (χ1n) is 5.74. The van der Waals surface area contributed by atoms with Gasteiger partial charge >= 0.3 is 6.03 Å². The van der Waals surface area contributed by atoms with E-state index in [0.717, 1.165) is 19.6 Å². The van der Waals surface area contributed by atoms with E-state index in [-0.39, 0.29) is 6.03 Å². The number of likely N-dealkylation sites (tertiary alicyclic amines) is 2. The first-order chi connectivity index (χ1) is 6.68. The molecule has 0 aromatic rings. The van der Waals surface area contributed by atoms with Crippen LogP contribution in [0.5, 0.6) is 0 Å². The predicted molar refractivity (Wildman–Crippen MR) is 56.2 cm³/mol. The molecule has 2 unspecified atom stereocenters. The van der Waals surface area contributed by atoms with Gasteiger partial charge in [-0.15, -0.1) is 0 Å². The van der Waals surface area contributed by atoms with Gasteiger partial charge in [0.2, 0.25) is 0 Å². The van der Waals surface area contributed by atoms with Crippen LogP contribution in [0.2, 0.25) is 0 Å². The maximum atomic E-state index is 12.1. The Morgan fingerprint density at radius 1 is 1.21 bits per heavy atom. The zero-order chi connectivity index (χ0) is 10.1. The highest BCUT2D eigenvalue weighted by molar-refractivity contribution is 5.75. The van der Waals surface area contributed by atoms with Gasteiger partial charge < -0.3 is 9.80 Å². The Balaban J connectivity index is 1.96. The van der Waals surface area contributed by atoms with Gasteiger partial charge in [0.1, 0.15) is 0 Å². The monoisotopic (exact) mass is 196 g/mol. The molecule has 2 aliphatic rings. The van der Waals surface area contributed by atoms with E-state index in [1.54, 1.807) is 0 Å². The molecule has 2 fully saturated rings. The molecule has 0 N–H and O–H groups in total. The lowest BCUT2D eigenvalue weighted by Gasteiger charge is -2.27. The van der Waals surface area contributed by atoms with Crippen molar-refractivity contribution in [2.45, 2.75) is 39.2 Å². The predicted octanol–water partition coefficient (Wildman–Crippen LogP) is 1.93. The Kier molecular flexibility index (Phi) is 2.66. The number of carbonyl (C=O) groups excluding carboxylic acids is 1. The van der Waals surface area contributed by atoms with E-state index in [0.29, 0.717) is 12.0 Å². The van der Waals surface area contributed by atoms with Gasteiger partial charge in [0.15, 0.2) is 0 Å². The Labute approximate surface area is 86.1 Å². The molecule has 0 bridgehead atoms. The first kappa shape index (κ1) is 9.81. The molecule has 0 radical (unpaired) electrons. The number of urea groups is 1. The van der Waals surface area contributed by atoms with Gasteiger partial charge in [0, 0.05) is 25.7 Å². The maximum Gasteiger partial charge on any atom is 0.320 e. The first-order valence-corrected chi connectivity index (χ1v) is 5.74. The third-order valence-electron chi connectivity index (χ3n) is 3.41. The highest BCUT2D eigenvalue weighted by atomic mass is 16.2. The smallest absolute Gasteiger partial charge is 0.320 e. The lowest BCUT2D eigenvalue weighted by Crippen LogP contribution is -2.43. The number of rotatable bonds is 0. The van der Waals surface area contributed by atoms with Crippen molar-refractivity contribution in [3.63, 3.8) is 0 Å². The lowest BCUT2D eigenvalue weighted by atomic mass is 10.1. The fourth-order valence-electron chi connectivity index (χ4n) is 2.66. The van der Waals surface area contributed by atoms with E-state index in [1.807, 2.05) is 4.90 Å². The molecule has 2 rings (SSSR count). The summed E-state index contributed by atoms with van der Waals surface area (Å²) in [7, 11) is 0. The van der Waals surface area contributed by atoms with Crippen molar-refractivity contribution >= 4 is 6.03 Å². The van der Waals surface area contributed by atoms with Gasteiger partial charge in [-0.2, -0.15) is 0 Å². The zero-order valence-corrected chi connectivity index (χ0v) is 9.20. The molecule has 0 aliphatic carbocycles. The van der Waals surface area contributed by atoms with Crippen LogP contribution in [0.15, 0.2) is 0 Å². The van der Waals surface area contributed by atoms with Crippen molar-refractivity contribution < 1.29 is 4.79 Å². The fraction of sp³-hybridized carbons (Fsp3) is 0.909. The Bertz CT molecular complexity index is 223. The number of hydrogen-bond acceptors (Lipinski definition) is 1.